The molecular weight excluding hydrogens is 280 g/mol. The highest BCUT2D eigenvalue weighted by Crippen LogP contribution is 2.08. The van der Waals surface area contributed by atoms with Gasteiger partial charge in [0.1, 0.15) is 0 Å². The molecule has 0 atom stereocenters. The van der Waals surface area contributed by atoms with Crippen LogP contribution in [-0.4, -0.2) is 22.0 Å². The minimum atomic E-state index is -1.08. The summed E-state index contributed by atoms with van der Waals surface area (Å²) >= 11 is 0. The predicted molar refractivity (Wildman–Crippen MR) is 71.9 cm³/mol. The van der Waals surface area contributed by atoms with E-state index in [9.17, 15) is 18.4 Å². The smallest absolute Gasteiger partial charge is 0.253 e. The van der Waals surface area contributed by atoms with Gasteiger partial charge in [0.2, 0.25) is 0 Å². The van der Waals surface area contributed by atoms with Gasteiger partial charge in [-0.05, 0) is 25.1 Å². The third kappa shape index (κ3) is 3.71. The van der Waals surface area contributed by atoms with Crippen molar-refractivity contribution in [1.82, 2.24) is 14.9 Å². The maximum Gasteiger partial charge on any atom is 0.253 e. The number of rotatable bonds is 4. The largest absolute Gasteiger partial charge is 0.350 e. The van der Waals surface area contributed by atoms with E-state index >= 15 is 0 Å². The summed E-state index contributed by atoms with van der Waals surface area (Å²) < 4.78 is 27.1. The summed E-state index contributed by atoms with van der Waals surface area (Å²) in [6, 6.07) is 4.29. The number of hydrogen-bond donors (Lipinski definition) is 1. The van der Waals surface area contributed by atoms with Crippen molar-refractivity contribution in [3.8, 4) is 0 Å². The number of aromatic nitrogens is 2. The second kappa shape index (κ2) is 6.25. The molecule has 7 heteroatoms. The lowest BCUT2D eigenvalue weighted by Gasteiger charge is -2.07. The van der Waals surface area contributed by atoms with E-state index in [1.165, 1.54) is 23.0 Å². The molecule has 0 aliphatic heterocycles. The summed E-state index contributed by atoms with van der Waals surface area (Å²) in [4.78, 5) is 27.3. The van der Waals surface area contributed by atoms with Crippen LogP contribution in [0.2, 0.25) is 0 Å². The molecule has 110 valence electrons. The topological polar surface area (TPSA) is 64.0 Å². The number of nitrogens with zero attached hydrogens (tertiary/aromatic N) is 2. The Morgan fingerprint density at radius 2 is 2.05 bits per heavy atom. The molecule has 0 aliphatic rings. The van der Waals surface area contributed by atoms with E-state index in [4.69, 9.17) is 0 Å². The number of benzene rings is 1. The third-order valence-electron chi connectivity index (χ3n) is 2.84. The molecule has 1 heterocycles. The molecule has 1 aromatic heterocycles. The number of carbonyl (C=O) groups is 1. The second-order valence-corrected chi connectivity index (χ2v) is 4.45. The van der Waals surface area contributed by atoms with E-state index in [0.29, 0.717) is 5.69 Å². The van der Waals surface area contributed by atoms with Crippen molar-refractivity contribution >= 4 is 5.91 Å². The Morgan fingerprint density at radius 1 is 1.29 bits per heavy atom. The first-order valence-electron chi connectivity index (χ1n) is 6.23. The molecule has 0 saturated carbocycles. The number of aryl methyl sites for hydroxylation is 1. The summed E-state index contributed by atoms with van der Waals surface area (Å²) in [6.07, 6.45) is 1.39. The fraction of sp³-hybridized carbons (Fsp3) is 0.214. The van der Waals surface area contributed by atoms with Crippen molar-refractivity contribution < 1.29 is 13.6 Å². The molecule has 0 fully saturated rings. The summed E-state index contributed by atoms with van der Waals surface area (Å²) in [7, 11) is 0. The van der Waals surface area contributed by atoms with Crippen molar-refractivity contribution in [2.24, 2.45) is 0 Å². The SMILES string of the molecule is Cc1cc(=O)n(CCNC(=O)c2ccc(F)c(F)c2)cn1. The van der Waals surface area contributed by atoms with Gasteiger partial charge in [0.05, 0.1) is 6.33 Å². The van der Waals surface area contributed by atoms with Gasteiger partial charge < -0.3 is 5.32 Å². The van der Waals surface area contributed by atoms with Crippen LogP contribution >= 0.6 is 0 Å². The van der Waals surface area contributed by atoms with Gasteiger partial charge in [0.25, 0.3) is 11.5 Å². The molecule has 0 saturated heterocycles. The highest BCUT2D eigenvalue weighted by molar-refractivity contribution is 5.94. The summed E-state index contributed by atoms with van der Waals surface area (Å²) in [5.41, 5.74) is 0.412. The van der Waals surface area contributed by atoms with E-state index in [2.05, 4.69) is 10.3 Å². The predicted octanol–water partition coefficient (Wildman–Crippen LogP) is 1.26. The number of hydrogen-bond acceptors (Lipinski definition) is 3. The third-order valence-corrected chi connectivity index (χ3v) is 2.84. The van der Waals surface area contributed by atoms with E-state index in [0.717, 1.165) is 12.1 Å². The fourth-order valence-corrected chi connectivity index (χ4v) is 1.71. The molecule has 1 amide bonds. The van der Waals surface area contributed by atoms with Crippen LogP contribution in [0.25, 0.3) is 0 Å². The molecule has 5 nitrogen and oxygen atoms in total. The van der Waals surface area contributed by atoms with Crippen molar-refractivity contribution in [1.29, 1.82) is 0 Å². The van der Waals surface area contributed by atoms with Gasteiger partial charge in [-0.15, -0.1) is 0 Å². The maximum atomic E-state index is 13.0. The highest BCUT2D eigenvalue weighted by Gasteiger charge is 2.09. The molecule has 2 rings (SSSR count). The molecule has 0 aliphatic carbocycles. The van der Waals surface area contributed by atoms with Crippen LogP contribution in [0.3, 0.4) is 0 Å². The van der Waals surface area contributed by atoms with Crippen LogP contribution in [-0.2, 0) is 6.54 Å². The summed E-state index contributed by atoms with van der Waals surface area (Å²) in [6.45, 7) is 2.11. The number of amides is 1. The molecular formula is C14H13F2N3O2. The quantitative estimate of drug-likeness (QED) is 0.923. The minimum Gasteiger partial charge on any atom is -0.350 e. The Morgan fingerprint density at radius 3 is 2.71 bits per heavy atom. The van der Waals surface area contributed by atoms with Crippen LogP contribution in [0.1, 0.15) is 16.1 Å². The average molecular weight is 293 g/mol. The highest BCUT2D eigenvalue weighted by atomic mass is 19.2. The zero-order valence-electron chi connectivity index (χ0n) is 11.3. The zero-order chi connectivity index (χ0) is 15.4. The Hall–Kier alpha value is -2.57. The van der Waals surface area contributed by atoms with Gasteiger partial charge in [0, 0.05) is 30.4 Å². The molecule has 2 aromatic rings. The first-order chi connectivity index (χ1) is 9.97. The Kier molecular flexibility index (Phi) is 4.42. The normalized spacial score (nSPS) is 10.4. The van der Waals surface area contributed by atoms with Crippen molar-refractivity contribution in [2.45, 2.75) is 13.5 Å². The number of nitrogens with one attached hydrogen (secondary N) is 1. The van der Waals surface area contributed by atoms with Gasteiger partial charge >= 0.3 is 0 Å². The lowest BCUT2D eigenvalue weighted by Crippen LogP contribution is -2.31. The molecule has 0 spiro atoms. The van der Waals surface area contributed by atoms with Crippen molar-refractivity contribution in [3.63, 3.8) is 0 Å². The standard InChI is InChI=1S/C14H13F2N3O2/c1-9-6-13(20)19(8-18-9)5-4-17-14(21)10-2-3-11(15)12(16)7-10/h2-3,6-8H,4-5H2,1H3,(H,17,21). The Labute approximate surface area is 119 Å². The lowest BCUT2D eigenvalue weighted by molar-refractivity contribution is 0.0951. The Balaban J connectivity index is 1.95. The van der Waals surface area contributed by atoms with Crippen molar-refractivity contribution in [3.05, 3.63) is 63.8 Å². The average Bonchev–Trinajstić information content (AvgIpc) is 2.44. The van der Waals surface area contributed by atoms with Gasteiger partial charge in [-0.2, -0.15) is 0 Å². The molecule has 0 unspecified atom stereocenters. The molecule has 21 heavy (non-hydrogen) atoms. The molecule has 1 N–H and O–H groups in total. The van der Waals surface area contributed by atoms with Gasteiger partial charge in [-0.3, -0.25) is 14.2 Å². The Bertz CT molecular complexity index is 728. The van der Waals surface area contributed by atoms with Crippen LogP contribution in [0, 0.1) is 18.6 Å². The van der Waals surface area contributed by atoms with Gasteiger partial charge in [0.15, 0.2) is 11.6 Å². The first kappa shape index (κ1) is 14.8. The van der Waals surface area contributed by atoms with Crippen LogP contribution in [0.4, 0.5) is 8.78 Å². The second-order valence-electron chi connectivity index (χ2n) is 4.45. The van der Waals surface area contributed by atoms with E-state index in [1.807, 2.05) is 0 Å². The lowest BCUT2D eigenvalue weighted by atomic mass is 10.2. The van der Waals surface area contributed by atoms with Crippen molar-refractivity contribution in [2.75, 3.05) is 6.54 Å². The van der Waals surface area contributed by atoms with Gasteiger partial charge in [-0.25, -0.2) is 13.8 Å². The molecule has 1 aromatic carbocycles. The minimum absolute atomic E-state index is 0.0169. The monoisotopic (exact) mass is 293 g/mol. The van der Waals surface area contributed by atoms with Crippen LogP contribution in [0.5, 0.6) is 0 Å². The summed E-state index contributed by atoms with van der Waals surface area (Å²) in [5.74, 6) is -2.63. The van der Waals surface area contributed by atoms with E-state index in [1.54, 1.807) is 6.92 Å². The number of carbonyl (C=O) groups excluding carboxylic acids is 1. The molecule has 0 radical (unpaired) electrons. The van der Waals surface area contributed by atoms with Crippen LogP contribution in [0.15, 0.2) is 35.4 Å². The van der Waals surface area contributed by atoms with E-state index in [-0.39, 0.29) is 24.2 Å². The van der Waals surface area contributed by atoms with Crippen LogP contribution < -0.4 is 10.9 Å². The molecule has 0 bridgehead atoms. The fourth-order valence-electron chi connectivity index (χ4n) is 1.71. The van der Waals surface area contributed by atoms with E-state index < -0.39 is 17.5 Å². The summed E-state index contributed by atoms with van der Waals surface area (Å²) in [5, 5.41) is 2.52. The maximum absolute atomic E-state index is 13.0. The van der Waals surface area contributed by atoms with Gasteiger partial charge in [-0.1, -0.05) is 0 Å². The first-order valence-corrected chi connectivity index (χ1v) is 6.23. The zero-order valence-corrected chi connectivity index (χ0v) is 11.3. The number of halogens is 2.